The Labute approximate surface area is 263 Å². The molecule has 1 aliphatic carbocycles. The highest BCUT2D eigenvalue weighted by molar-refractivity contribution is 6.06. The minimum Gasteiger partial charge on any atom is -0.465 e. The second kappa shape index (κ2) is 12.2. The van der Waals surface area contributed by atoms with Gasteiger partial charge < -0.3 is 9.47 Å². The smallest absolute Gasteiger partial charge is 0.410 e. The van der Waals surface area contributed by atoms with Crippen molar-refractivity contribution < 1.29 is 19.1 Å². The number of methoxy groups -OCH3 is 2. The van der Waals surface area contributed by atoms with E-state index in [-0.39, 0.29) is 24.1 Å². The largest absolute Gasteiger partial charge is 0.465 e. The van der Waals surface area contributed by atoms with Gasteiger partial charge in [0.25, 0.3) is 0 Å². The van der Waals surface area contributed by atoms with Crippen LogP contribution in [0.4, 0.5) is 4.79 Å². The SMILES string of the molecule is COC(=O)c1c(CN2CCC(N(C(=O)OC)C3c4ccccc4-c4ccccc43)CC2)c(-c2ccccc2)nc2ccccc12. The predicted octanol–water partition coefficient (Wildman–Crippen LogP) is 7.49. The molecular weight excluding hydrogens is 562 g/mol. The number of carbonyl (C=O) groups is 2. The topological polar surface area (TPSA) is 72.0 Å². The van der Waals surface area contributed by atoms with Crippen molar-refractivity contribution in [2.45, 2.75) is 31.5 Å². The Kier molecular flexibility index (Phi) is 7.78. The van der Waals surface area contributed by atoms with Crippen molar-refractivity contribution in [3.8, 4) is 22.4 Å². The summed E-state index contributed by atoms with van der Waals surface area (Å²) in [6.45, 7) is 2.03. The van der Waals surface area contributed by atoms with E-state index in [0.29, 0.717) is 12.1 Å². The molecule has 1 fully saturated rings. The number of ether oxygens (including phenoxy) is 2. The summed E-state index contributed by atoms with van der Waals surface area (Å²) in [6.07, 6.45) is 1.22. The zero-order chi connectivity index (χ0) is 30.9. The van der Waals surface area contributed by atoms with Crippen molar-refractivity contribution in [3.05, 3.63) is 125 Å². The summed E-state index contributed by atoms with van der Waals surface area (Å²) in [7, 11) is 2.89. The minimum absolute atomic E-state index is 0.0127. The molecule has 4 aromatic carbocycles. The molecule has 226 valence electrons. The third kappa shape index (κ3) is 5.13. The van der Waals surface area contributed by atoms with E-state index in [2.05, 4.69) is 29.2 Å². The summed E-state index contributed by atoms with van der Waals surface area (Å²) >= 11 is 0. The van der Waals surface area contributed by atoms with Gasteiger partial charge in [-0.3, -0.25) is 9.80 Å². The van der Waals surface area contributed by atoms with E-state index in [9.17, 15) is 9.59 Å². The fourth-order valence-electron chi connectivity index (χ4n) is 7.15. The van der Waals surface area contributed by atoms with Crippen LogP contribution in [0, 0.1) is 0 Å². The molecule has 2 aliphatic rings. The molecule has 2 heterocycles. The zero-order valence-electron chi connectivity index (χ0n) is 25.5. The lowest BCUT2D eigenvalue weighted by Crippen LogP contribution is -2.48. The number of benzene rings is 4. The van der Waals surface area contributed by atoms with Crippen LogP contribution in [0.1, 0.15) is 45.9 Å². The Morgan fingerprint density at radius 3 is 2.02 bits per heavy atom. The van der Waals surface area contributed by atoms with Crippen LogP contribution >= 0.6 is 0 Å². The number of carbonyl (C=O) groups excluding carboxylic acids is 2. The number of amides is 1. The number of para-hydroxylation sites is 1. The number of hydrogen-bond donors (Lipinski definition) is 0. The molecule has 0 radical (unpaired) electrons. The first kappa shape index (κ1) is 28.7. The van der Waals surface area contributed by atoms with E-state index in [1.165, 1.54) is 14.2 Å². The maximum Gasteiger partial charge on any atom is 0.410 e. The molecular formula is C38H35N3O4. The molecule has 1 amide bonds. The summed E-state index contributed by atoms with van der Waals surface area (Å²) < 4.78 is 10.7. The lowest BCUT2D eigenvalue weighted by Gasteiger charge is -2.41. The molecule has 0 N–H and O–H groups in total. The molecule has 5 aromatic rings. The third-order valence-corrected chi connectivity index (χ3v) is 9.23. The van der Waals surface area contributed by atoms with E-state index in [1.54, 1.807) is 0 Å². The van der Waals surface area contributed by atoms with E-state index in [4.69, 9.17) is 14.5 Å². The highest BCUT2D eigenvalue weighted by Gasteiger charge is 2.40. The average molecular weight is 598 g/mol. The van der Waals surface area contributed by atoms with Crippen molar-refractivity contribution in [3.63, 3.8) is 0 Å². The van der Waals surface area contributed by atoms with E-state index >= 15 is 0 Å². The molecule has 0 unspecified atom stereocenters. The van der Waals surface area contributed by atoms with Crippen LogP contribution in [-0.2, 0) is 16.0 Å². The van der Waals surface area contributed by atoms with Gasteiger partial charge >= 0.3 is 12.1 Å². The van der Waals surface area contributed by atoms with Crippen LogP contribution in [0.5, 0.6) is 0 Å². The molecule has 0 bridgehead atoms. The third-order valence-electron chi connectivity index (χ3n) is 9.23. The van der Waals surface area contributed by atoms with Gasteiger partial charge in [0.1, 0.15) is 0 Å². The first-order valence-corrected chi connectivity index (χ1v) is 15.4. The van der Waals surface area contributed by atoms with Crippen molar-refractivity contribution in [1.29, 1.82) is 0 Å². The van der Waals surface area contributed by atoms with Gasteiger partial charge in [-0.1, -0.05) is 97.1 Å². The zero-order valence-corrected chi connectivity index (χ0v) is 25.5. The molecule has 7 rings (SSSR count). The lowest BCUT2D eigenvalue weighted by molar-refractivity contribution is 0.0582. The van der Waals surface area contributed by atoms with Crippen molar-refractivity contribution >= 4 is 23.0 Å². The van der Waals surface area contributed by atoms with Crippen molar-refractivity contribution in [2.24, 2.45) is 0 Å². The monoisotopic (exact) mass is 597 g/mol. The molecule has 45 heavy (non-hydrogen) atoms. The van der Waals surface area contributed by atoms with E-state index in [1.807, 2.05) is 83.8 Å². The van der Waals surface area contributed by atoms with Crippen LogP contribution < -0.4 is 0 Å². The number of likely N-dealkylation sites (tertiary alicyclic amines) is 1. The second-order valence-corrected chi connectivity index (χ2v) is 11.7. The summed E-state index contributed by atoms with van der Waals surface area (Å²) in [6, 6.07) is 34.2. The Morgan fingerprint density at radius 2 is 1.38 bits per heavy atom. The summed E-state index contributed by atoms with van der Waals surface area (Å²) in [4.78, 5) is 36.2. The number of hydrogen-bond acceptors (Lipinski definition) is 6. The summed E-state index contributed by atoms with van der Waals surface area (Å²) in [5.74, 6) is -0.369. The van der Waals surface area contributed by atoms with Gasteiger partial charge in [0.2, 0.25) is 0 Å². The van der Waals surface area contributed by atoms with E-state index in [0.717, 1.165) is 75.9 Å². The molecule has 7 heteroatoms. The van der Waals surface area contributed by atoms with Gasteiger partial charge in [-0.25, -0.2) is 14.6 Å². The average Bonchev–Trinajstić information content (AvgIpc) is 3.42. The summed E-state index contributed by atoms with van der Waals surface area (Å²) in [5, 5.41) is 0.782. The van der Waals surface area contributed by atoms with Crippen LogP contribution in [-0.4, -0.2) is 60.2 Å². The fraction of sp³-hybridized carbons (Fsp3) is 0.237. The Bertz CT molecular complexity index is 1840. The molecule has 1 aliphatic heterocycles. The number of aromatic nitrogens is 1. The minimum atomic E-state index is -0.369. The number of nitrogens with zero attached hydrogens (tertiary/aromatic N) is 3. The Morgan fingerprint density at radius 1 is 0.778 bits per heavy atom. The van der Waals surface area contributed by atoms with E-state index < -0.39 is 0 Å². The first-order valence-electron chi connectivity index (χ1n) is 15.4. The number of esters is 1. The van der Waals surface area contributed by atoms with Crippen LogP contribution in [0.2, 0.25) is 0 Å². The molecule has 7 nitrogen and oxygen atoms in total. The highest BCUT2D eigenvalue weighted by atomic mass is 16.5. The van der Waals surface area contributed by atoms with Gasteiger partial charge in [0.15, 0.2) is 0 Å². The van der Waals surface area contributed by atoms with Gasteiger partial charge in [-0.05, 0) is 41.2 Å². The predicted molar refractivity (Wildman–Crippen MR) is 175 cm³/mol. The summed E-state index contributed by atoms with van der Waals surface area (Å²) in [5.41, 5.74) is 8.49. The number of rotatable bonds is 6. The van der Waals surface area contributed by atoms with Gasteiger partial charge in [0.05, 0.1) is 37.0 Å². The maximum absolute atomic E-state index is 13.5. The molecule has 1 saturated heterocycles. The highest BCUT2D eigenvalue weighted by Crippen LogP contribution is 2.48. The Hall–Kier alpha value is -5.01. The van der Waals surface area contributed by atoms with Crippen LogP contribution in [0.3, 0.4) is 0 Å². The van der Waals surface area contributed by atoms with Crippen LogP contribution in [0.15, 0.2) is 103 Å². The molecule has 0 atom stereocenters. The molecule has 0 saturated carbocycles. The number of pyridine rings is 1. The van der Waals surface area contributed by atoms with Gasteiger partial charge in [-0.2, -0.15) is 0 Å². The maximum atomic E-state index is 13.5. The van der Waals surface area contributed by atoms with Crippen LogP contribution in [0.25, 0.3) is 33.3 Å². The second-order valence-electron chi connectivity index (χ2n) is 11.7. The fourth-order valence-corrected chi connectivity index (χ4v) is 7.15. The van der Waals surface area contributed by atoms with Gasteiger partial charge in [-0.15, -0.1) is 0 Å². The normalized spacial score (nSPS) is 15.0. The van der Waals surface area contributed by atoms with Crippen molar-refractivity contribution in [2.75, 3.05) is 27.3 Å². The standard InChI is InChI=1S/C38H35N3O4/c1-44-37(42)34-31-18-10-11-19-33(31)39-35(25-12-4-3-5-13-25)32(34)24-40-22-20-26(21-23-40)41(38(43)45-2)36-29-16-8-6-14-27(29)28-15-7-9-17-30(28)36/h3-19,26,36H,20-24H2,1-2H3. The number of piperidine rings is 1. The van der Waals surface area contributed by atoms with Crippen molar-refractivity contribution in [1.82, 2.24) is 14.8 Å². The quantitative estimate of drug-likeness (QED) is 0.189. The van der Waals surface area contributed by atoms with Gasteiger partial charge in [0, 0.05) is 42.2 Å². The number of fused-ring (bicyclic) bond motifs is 4. The Balaban J connectivity index is 1.21. The molecule has 1 aromatic heterocycles. The lowest BCUT2D eigenvalue weighted by atomic mass is 9.94. The first-order chi connectivity index (χ1) is 22.1. The molecule has 0 spiro atoms.